The molecule has 7 heteroatoms. The van der Waals surface area contributed by atoms with E-state index >= 15 is 0 Å². The van der Waals surface area contributed by atoms with E-state index < -0.39 is 0 Å². The number of amidine groups is 1. The molecule has 4 rings (SSSR count). The van der Waals surface area contributed by atoms with Gasteiger partial charge in [0.1, 0.15) is 6.61 Å². The minimum atomic E-state index is -0.0528. The summed E-state index contributed by atoms with van der Waals surface area (Å²) >= 11 is 1.38. The molecule has 1 amide bonds. The zero-order valence-corrected chi connectivity index (χ0v) is 21.1. The average molecular weight is 498 g/mol. The van der Waals surface area contributed by atoms with Crippen molar-refractivity contribution in [3.05, 3.63) is 94.4 Å². The lowest BCUT2D eigenvalue weighted by atomic mass is 10.1. The van der Waals surface area contributed by atoms with Gasteiger partial charge in [-0.05, 0) is 67.1 Å². The van der Waals surface area contributed by atoms with Gasteiger partial charge in [0.2, 0.25) is 0 Å². The number of rotatable bonds is 9. The molecule has 1 saturated heterocycles. The number of carbonyl (C=O) groups is 1. The van der Waals surface area contributed by atoms with Crippen LogP contribution in [0.2, 0.25) is 0 Å². The Balaban J connectivity index is 1.58. The molecule has 1 aliphatic heterocycles. The molecule has 3 aromatic carbocycles. The molecule has 0 radical (unpaired) electrons. The van der Waals surface area contributed by atoms with E-state index in [4.69, 9.17) is 14.5 Å². The summed E-state index contributed by atoms with van der Waals surface area (Å²) in [6, 6.07) is 24.8. The van der Waals surface area contributed by atoms with E-state index in [0.29, 0.717) is 40.3 Å². The van der Waals surface area contributed by atoms with Gasteiger partial charge in [0.05, 0.1) is 28.8 Å². The molecule has 6 nitrogen and oxygen atoms in total. The molecule has 0 unspecified atom stereocenters. The summed E-state index contributed by atoms with van der Waals surface area (Å²) < 4.78 is 11.8. The molecular weight excluding hydrogens is 470 g/mol. The van der Waals surface area contributed by atoms with E-state index in [1.165, 1.54) is 11.8 Å². The lowest BCUT2D eigenvalue weighted by Gasteiger charge is -2.14. The molecule has 182 valence electrons. The van der Waals surface area contributed by atoms with Crippen molar-refractivity contribution in [2.45, 2.75) is 26.9 Å². The van der Waals surface area contributed by atoms with Gasteiger partial charge in [-0.1, -0.05) is 49.4 Å². The monoisotopic (exact) mass is 497 g/mol. The van der Waals surface area contributed by atoms with Crippen molar-refractivity contribution in [2.24, 2.45) is 4.99 Å². The fraction of sp³-hybridized carbons (Fsp3) is 0.207. The third-order valence-electron chi connectivity index (χ3n) is 5.40. The SMILES string of the molecule is CCCN1C(=O)/C(=C\c2ccc(OCc3ccccc3C#N)c(OCC)c2)SC1=Nc1ccccc1. The number of hydrogen-bond acceptors (Lipinski definition) is 6. The summed E-state index contributed by atoms with van der Waals surface area (Å²) in [5.74, 6) is 1.11. The van der Waals surface area contributed by atoms with Crippen molar-refractivity contribution in [1.29, 1.82) is 5.26 Å². The zero-order valence-electron chi connectivity index (χ0n) is 20.3. The smallest absolute Gasteiger partial charge is 0.266 e. The summed E-state index contributed by atoms with van der Waals surface area (Å²) in [5.41, 5.74) is 3.03. The van der Waals surface area contributed by atoms with Gasteiger partial charge in [-0.2, -0.15) is 5.26 Å². The highest BCUT2D eigenvalue weighted by atomic mass is 32.2. The molecule has 1 heterocycles. The molecule has 0 saturated carbocycles. The number of hydrogen-bond donors (Lipinski definition) is 0. The van der Waals surface area contributed by atoms with Crippen LogP contribution in [0.3, 0.4) is 0 Å². The van der Waals surface area contributed by atoms with Crippen LogP contribution in [0, 0.1) is 11.3 Å². The minimum absolute atomic E-state index is 0.0528. The fourth-order valence-electron chi connectivity index (χ4n) is 3.69. The number of benzene rings is 3. The fourth-order valence-corrected chi connectivity index (χ4v) is 4.71. The molecule has 0 spiro atoms. The van der Waals surface area contributed by atoms with E-state index in [9.17, 15) is 10.1 Å². The Labute approximate surface area is 215 Å². The van der Waals surface area contributed by atoms with Crippen LogP contribution in [-0.2, 0) is 11.4 Å². The Kier molecular flexibility index (Phi) is 8.43. The molecule has 36 heavy (non-hydrogen) atoms. The maximum absolute atomic E-state index is 13.2. The Hall–Kier alpha value is -4.02. The first-order chi connectivity index (χ1) is 17.6. The molecule has 0 aliphatic carbocycles. The number of carbonyl (C=O) groups excluding carboxylic acids is 1. The van der Waals surface area contributed by atoms with Crippen LogP contribution >= 0.6 is 11.8 Å². The summed E-state index contributed by atoms with van der Waals surface area (Å²) in [6.07, 6.45) is 2.70. The maximum atomic E-state index is 13.2. The van der Waals surface area contributed by atoms with E-state index in [-0.39, 0.29) is 12.5 Å². The van der Waals surface area contributed by atoms with E-state index in [1.54, 1.807) is 11.0 Å². The number of amides is 1. The van der Waals surface area contributed by atoms with E-state index in [1.807, 2.05) is 86.7 Å². The average Bonchev–Trinajstić information content (AvgIpc) is 3.18. The highest BCUT2D eigenvalue weighted by Crippen LogP contribution is 2.36. The van der Waals surface area contributed by atoms with Crippen LogP contribution in [0.25, 0.3) is 6.08 Å². The second-order valence-corrected chi connectivity index (χ2v) is 9.00. The first-order valence-corrected chi connectivity index (χ1v) is 12.7. The van der Waals surface area contributed by atoms with Gasteiger partial charge in [0.25, 0.3) is 5.91 Å². The highest BCUT2D eigenvalue weighted by Gasteiger charge is 2.32. The molecule has 1 aliphatic rings. The van der Waals surface area contributed by atoms with Gasteiger partial charge in [0, 0.05) is 12.1 Å². The van der Waals surface area contributed by atoms with Crippen molar-refractivity contribution in [2.75, 3.05) is 13.2 Å². The van der Waals surface area contributed by atoms with Gasteiger partial charge >= 0.3 is 0 Å². The van der Waals surface area contributed by atoms with Crippen molar-refractivity contribution in [3.8, 4) is 17.6 Å². The van der Waals surface area contributed by atoms with Gasteiger partial charge in [-0.3, -0.25) is 9.69 Å². The van der Waals surface area contributed by atoms with E-state index in [2.05, 4.69) is 6.07 Å². The summed E-state index contributed by atoms with van der Waals surface area (Å²) in [7, 11) is 0. The number of ether oxygens (including phenoxy) is 2. The molecule has 0 aromatic heterocycles. The normalized spacial score (nSPS) is 15.4. The van der Waals surface area contributed by atoms with Crippen LogP contribution in [0.5, 0.6) is 11.5 Å². The largest absolute Gasteiger partial charge is 0.490 e. The molecule has 0 atom stereocenters. The molecule has 0 bridgehead atoms. The predicted octanol–water partition coefficient (Wildman–Crippen LogP) is 6.55. The van der Waals surface area contributed by atoms with Crippen LogP contribution in [-0.4, -0.2) is 29.1 Å². The van der Waals surface area contributed by atoms with Crippen LogP contribution in [0.4, 0.5) is 5.69 Å². The molecule has 1 fully saturated rings. The van der Waals surface area contributed by atoms with Crippen LogP contribution in [0.15, 0.2) is 82.7 Å². The van der Waals surface area contributed by atoms with Crippen LogP contribution < -0.4 is 9.47 Å². The van der Waals surface area contributed by atoms with Gasteiger partial charge in [-0.25, -0.2) is 4.99 Å². The Morgan fingerprint density at radius 2 is 1.78 bits per heavy atom. The Morgan fingerprint density at radius 3 is 2.53 bits per heavy atom. The minimum Gasteiger partial charge on any atom is -0.490 e. The third kappa shape index (κ3) is 5.96. The Bertz CT molecular complexity index is 1330. The lowest BCUT2D eigenvalue weighted by molar-refractivity contribution is -0.122. The maximum Gasteiger partial charge on any atom is 0.266 e. The van der Waals surface area contributed by atoms with Crippen LogP contribution in [0.1, 0.15) is 37.0 Å². The summed E-state index contributed by atoms with van der Waals surface area (Å²) in [5, 5.41) is 10.0. The topological polar surface area (TPSA) is 74.9 Å². The number of para-hydroxylation sites is 1. The Morgan fingerprint density at radius 1 is 1.00 bits per heavy atom. The summed E-state index contributed by atoms with van der Waals surface area (Å²) in [6.45, 7) is 5.28. The summed E-state index contributed by atoms with van der Waals surface area (Å²) in [4.78, 5) is 20.2. The molecule has 0 N–H and O–H groups in total. The van der Waals surface area contributed by atoms with Gasteiger partial charge in [-0.15, -0.1) is 0 Å². The number of nitrogens with zero attached hydrogens (tertiary/aromatic N) is 3. The zero-order chi connectivity index (χ0) is 25.3. The standard InChI is InChI=1S/C29H27N3O3S/c1-3-16-32-28(33)27(36-29(32)31-24-12-6-5-7-13-24)18-21-14-15-25(26(17-21)34-4-2)35-20-23-11-9-8-10-22(23)19-30/h5-15,17-18H,3-4,16,20H2,1-2H3/b27-18+,31-29?. The predicted molar refractivity (Wildman–Crippen MR) is 144 cm³/mol. The first kappa shape index (κ1) is 25.1. The van der Waals surface area contributed by atoms with Crippen molar-refractivity contribution < 1.29 is 14.3 Å². The quantitative estimate of drug-likeness (QED) is 0.313. The number of thioether (sulfide) groups is 1. The third-order valence-corrected chi connectivity index (χ3v) is 6.41. The lowest BCUT2D eigenvalue weighted by Crippen LogP contribution is -2.29. The molecular formula is C29H27N3O3S. The van der Waals surface area contributed by atoms with Crippen molar-refractivity contribution >= 4 is 34.6 Å². The first-order valence-electron chi connectivity index (χ1n) is 11.9. The van der Waals surface area contributed by atoms with Crippen molar-refractivity contribution in [3.63, 3.8) is 0 Å². The van der Waals surface area contributed by atoms with Gasteiger partial charge < -0.3 is 9.47 Å². The number of nitriles is 1. The number of aliphatic imine (C=N–C) groups is 1. The van der Waals surface area contributed by atoms with Gasteiger partial charge in [0.15, 0.2) is 16.7 Å². The second kappa shape index (κ2) is 12.1. The second-order valence-electron chi connectivity index (χ2n) is 7.99. The van der Waals surface area contributed by atoms with E-state index in [0.717, 1.165) is 23.2 Å². The molecule has 3 aromatic rings. The highest BCUT2D eigenvalue weighted by molar-refractivity contribution is 8.18. The van der Waals surface area contributed by atoms with Crippen molar-refractivity contribution in [1.82, 2.24) is 4.90 Å².